The lowest BCUT2D eigenvalue weighted by Gasteiger charge is -2.42. The summed E-state index contributed by atoms with van der Waals surface area (Å²) in [5, 5.41) is 0. The van der Waals surface area contributed by atoms with Crippen LogP contribution in [-0.4, -0.2) is 48.6 Å². The zero-order chi connectivity index (χ0) is 15.4. The monoisotopic (exact) mass is 289 g/mol. The number of hydrogen-bond donors (Lipinski definition) is 1. The molecule has 5 unspecified atom stereocenters. The lowest BCUT2D eigenvalue weighted by molar-refractivity contribution is -0.242. The van der Waals surface area contributed by atoms with Gasteiger partial charge in [0, 0.05) is 20.8 Å². The van der Waals surface area contributed by atoms with Gasteiger partial charge in [0.1, 0.15) is 6.23 Å². The number of nitrogens with two attached hydrogens (primary N) is 1. The van der Waals surface area contributed by atoms with Crippen LogP contribution in [0.15, 0.2) is 0 Å². The van der Waals surface area contributed by atoms with Gasteiger partial charge in [-0.05, 0) is 6.92 Å². The third kappa shape index (κ3) is 4.17. The van der Waals surface area contributed by atoms with E-state index in [-0.39, 0.29) is 0 Å². The highest BCUT2D eigenvalue weighted by Crippen LogP contribution is 2.26. The predicted molar refractivity (Wildman–Crippen MR) is 65.2 cm³/mol. The van der Waals surface area contributed by atoms with Crippen LogP contribution in [0.5, 0.6) is 0 Å². The van der Waals surface area contributed by atoms with Crippen LogP contribution in [0.2, 0.25) is 0 Å². The molecule has 0 aromatic heterocycles. The first-order chi connectivity index (χ1) is 9.22. The van der Waals surface area contributed by atoms with Gasteiger partial charge < -0.3 is 24.7 Å². The molecule has 1 saturated heterocycles. The summed E-state index contributed by atoms with van der Waals surface area (Å²) in [6.07, 6.45) is -4.55. The summed E-state index contributed by atoms with van der Waals surface area (Å²) in [6, 6.07) is 0. The number of carbonyl (C=O) groups is 3. The lowest BCUT2D eigenvalue weighted by Crippen LogP contribution is -2.63. The maximum absolute atomic E-state index is 11.2. The molecule has 1 fully saturated rings. The van der Waals surface area contributed by atoms with Crippen molar-refractivity contribution in [3.05, 3.63) is 0 Å². The molecule has 5 atom stereocenters. The van der Waals surface area contributed by atoms with E-state index < -0.39 is 48.6 Å². The molecular formula is C12H19NO7. The van der Waals surface area contributed by atoms with Crippen molar-refractivity contribution in [2.24, 2.45) is 5.73 Å². The second-order valence-corrected chi connectivity index (χ2v) is 4.53. The van der Waals surface area contributed by atoms with Crippen LogP contribution < -0.4 is 5.73 Å². The second kappa shape index (κ2) is 6.67. The fourth-order valence-corrected chi connectivity index (χ4v) is 2.05. The molecule has 8 nitrogen and oxygen atoms in total. The fourth-order valence-electron chi connectivity index (χ4n) is 2.05. The van der Waals surface area contributed by atoms with E-state index in [0.29, 0.717) is 0 Å². The van der Waals surface area contributed by atoms with Crippen LogP contribution in [0.3, 0.4) is 0 Å². The zero-order valence-corrected chi connectivity index (χ0v) is 11.8. The Hall–Kier alpha value is -1.67. The Morgan fingerprint density at radius 2 is 1.25 bits per heavy atom. The van der Waals surface area contributed by atoms with E-state index in [2.05, 4.69) is 0 Å². The maximum atomic E-state index is 11.2. The first-order valence-corrected chi connectivity index (χ1v) is 6.15. The highest BCUT2D eigenvalue weighted by atomic mass is 16.6. The van der Waals surface area contributed by atoms with Crippen LogP contribution in [-0.2, 0) is 33.3 Å². The Morgan fingerprint density at radius 3 is 1.70 bits per heavy atom. The SMILES string of the molecule is CC(=O)OC1C(C)OC(N)C(OC(C)=O)C1OC(C)=O. The molecule has 0 bridgehead atoms. The topological polar surface area (TPSA) is 114 Å². The van der Waals surface area contributed by atoms with Gasteiger partial charge in [0.05, 0.1) is 6.10 Å². The van der Waals surface area contributed by atoms with Crippen LogP contribution in [0.4, 0.5) is 0 Å². The lowest BCUT2D eigenvalue weighted by atomic mass is 9.98. The smallest absolute Gasteiger partial charge is 0.303 e. The molecule has 1 aliphatic heterocycles. The Labute approximate surface area is 116 Å². The van der Waals surface area contributed by atoms with Crippen molar-refractivity contribution in [3.63, 3.8) is 0 Å². The van der Waals surface area contributed by atoms with E-state index in [4.69, 9.17) is 24.7 Å². The minimum atomic E-state index is -1.04. The zero-order valence-electron chi connectivity index (χ0n) is 11.8. The third-order valence-electron chi connectivity index (χ3n) is 2.71. The number of rotatable bonds is 3. The first kappa shape index (κ1) is 16.4. The summed E-state index contributed by atoms with van der Waals surface area (Å²) in [6.45, 7) is 5.22. The summed E-state index contributed by atoms with van der Waals surface area (Å²) in [5.41, 5.74) is 5.75. The molecule has 0 aliphatic carbocycles. The van der Waals surface area contributed by atoms with Crippen LogP contribution in [0.1, 0.15) is 27.7 Å². The summed E-state index contributed by atoms with van der Waals surface area (Å²) in [7, 11) is 0. The Bertz CT molecular complexity index is 369. The molecule has 114 valence electrons. The van der Waals surface area contributed by atoms with Gasteiger partial charge in [-0.25, -0.2) is 0 Å². The van der Waals surface area contributed by atoms with Crippen LogP contribution >= 0.6 is 0 Å². The number of hydrogen-bond acceptors (Lipinski definition) is 8. The maximum Gasteiger partial charge on any atom is 0.303 e. The van der Waals surface area contributed by atoms with Gasteiger partial charge in [0.2, 0.25) is 0 Å². The summed E-state index contributed by atoms with van der Waals surface area (Å²) >= 11 is 0. The van der Waals surface area contributed by atoms with Gasteiger partial charge in [-0.2, -0.15) is 0 Å². The minimum Gasteiger partial charge on any atom is -0.456 e. The fraction of sp³-hybridized carbons (Fsp3) is 0.750. The Morgan fingerprint density at radius 1 is 0.850 bits per heavy atom. The van der Waals surface area contributed by atoms with Gasteiger partial charge in [-0.3, -0.25) is 14.4 Å². The van der Waals surface area contributed by atoms with E-state index in [0.717, 1.165) is 0 Å². The highest BCUT2D eigenvalue weighted by molar-refractivity contribution is 5.68. The summed E-state index contributed by atoms with van der Waals surface area (Å²) in [4.78, 5) is 33.5. The largest absolute Gasteiger partial charge is 0.456 e. The number of ether oxygens (including phenoxy) is 4. The van der Waals surface area contributed by atoms with Crippen molar-refractivity contribution in [2.75, 3.05) is 0 Å². The van der Waals surface area contributed by atoms with Gasteiger partial charge in [-0.1, -0.05) is 0 Å². The van der Waals surface area contributed by atoms with E-state index in [1.807, 2.05) is 0 Å². The van der Waals surface area contributed by atoms with E-state index in [1.165, 1.54) is 20.8 Å². The average Bonchev–Trinajstić information content (AvgIpc) is 2.27. The molecule has 0 amide bonds. The molecule has 1 heterocycles. The van der Waals surface area contributed by atoms with Crippen molar-refractivity contribution < 1.29 is 33.3 Å². The molecule has 20 heavy (non-hydrogen) atoms. The van der Waals surface area contributed by atoms with E-state index in [1.54, 1.807) is 6.92 Å². The second-order valence-electron chi connectivity index (χ2n) is 4.53. The normalized spacial score (nSPS) is 33.1. The Kier molecular flexibility index (Phi) is 5.46. The van der Waals surface area contributed by atoms with E-state index in [9.17, 15) is 14.4 Å². The van der Waals surface area contributed by atoms with Crippen molar-refractivity contribution in [1.82, 2.24) is 0 Å². The molecule has 0 radical (unpaired) electrons. The molecule has 0 spiro atoms. The van der Waals surface area contributed by atoms with Crippen molar-refractivity contribution in [1.29, 1.82) is 0 Å². The van der Waals surface area contributed by atoms with Crippen molar-refractivity contribution >= 4 is 17.9 Å². The van der Waals surface area contributed by atoms with Gasteiger partial charge in [-0.15, -0.1) is 0 Å². The molecular weight excluding hydrogens is 270 g/mol. The molecule has 0 aromatic rings. The third-order valence-corrected chi connectivity index (χ3v) is 2.71. The number of esters is 3. The van der Waals surface area contributed by atoms with Crippen LogP contribution in [0, 0.1) is 0 Å². The highest BCUT2D eigenvalue weighted by Gasteiger charge is 2.48. The summed E-state index contributed by atoms with van der Waals surface area (Å²) < 4.78 is 20.6. The average molecular weight is 289 g/mol. The van der Waals surface area contributed by atoms with Crippen LogP contribution in [0.25, 0.3) is 0 Å². The molecule has 1 rings (SSSR count). The van der Waals surface area contributed by atoms with Gasteiger partial charge in [0.15, 0.2) is 18.3 Å². The molecule has 0 aromatic carbocycles. The van der Waals surface area contributed by atoms with Gasteiger partial charge in [0.25, 0.3) is 0 Å². The molecule has 1 aliphatic rings. The summed E-state index contributed by atoms with van der Waals surface area (Å²) in [5.74, 6) is -1.78. The Balaban J connectivity index is 3.01. The van der Waals surface area contributed by atoms with Crippen molar-refractivity contribution in [3.8, 4) is 0 Å². The number of carbonyl (C=O) groups excluding carboxylic acids is 3. The predicted octanol–water partition coefficient (Wildman–Crippen LogP) is -0.515. The van der Waals surface area contributed by atoms with Crippen molar-refractivity contribution in [2.45, 2.75) is 58.3 Å². The first-order valence-electron chi connectivity index (χ1n) is 6.15. The molecule has 0 saturated carbocycles. The quantitative estimate of drug-likeness (QED) is 0.545. The molecule has 2 N–H and O–H groups in total. The molecule has 8 heteroatoms. The minimum absolute atomic E-state index is 0.570. The van der Waals surface area contributed by atoms with Gasteiger partial charge >= 0.3 is 17.9 Å². The van der Waals surface area contributed by atoms with E-state index >= 15 is 0 Å². The standard InChI is InChI=1S/C12H19NO7/c1-5-9(18-6(2)14)10(19-7(3)15)11(12(13)17-5)20-8(4)16/h5,9-12H,13H2,1-4H3.